The Balaban J connectivity index is 2.05. The van der Waals surface area contributed by atoms with Gasteiger partial charge in [-0.2, -0.15) is 5.21 Å². The van der Waals surface area contributed by atoms with Crippen LogP contribution < -0.4 is 5.73 Å². The third-order valence-electron chi connectivity index (χ3n) is 2.65. The molecule has 0 saturated carbocycles. The van der Waals surface area contributed by atoms with Gasteiger partial charge in [0.1, 0.15) is 0 Å². The van der Waals surface area contributed by atoms with E-state index in [1.54, 1.807) is 0 Å². The molecular formula is C8H12N6O2. The number of nitrogens with two attached hydrogens (primary N) is 1. The number of aromatic nitrogens is 4. The largest absolute Gasteiger partial charge is 0.369 e. The van der Waals surface area contributed by atoms with E-state index in [-0.39, 0.29) is 23.6 Å². The molecule has 1 aromatic rings. The maximum Gasteiger partial charge on any atom is 0.295 e. The SMILES string of the molecule is NC(=O)C1CCCN(C(=O)c2nn[nH]n2)C1. The summed E-state index contributed by atoms with van der Waals surface area (Å²) in [6.07, 6.45) is 1.49. The first-order chi connectivity index (χ1) is 7.68. The molecule has 16 heavy (non-hydrogen) atoms. The summed E-state index contributed by atoms with van der Waals surface area (Å²) in [6, 6.07) is 0. The summed E-state index contributed by atoms with van der Waals surface area (Å²) in [5.41, 5.74) is 5.22. The Kier molecular flexibility index (Phi) is 2.80. The number of amides is 2. The van der Waals surface area contributed by atoms with Crippen molar-refractivity contribution in [3.8, 4) is 0 Å². The molecular weight excluding hydrogens is 212 g/mol. The van der Waals surface area contributed by atoms with E-state index in [9.17, 15) is 9.59 Å². The molecule has 1 atom stereocenters. The predicted octanol–water partition coefficient (Wildman–Crippen LogP) is -1.46. The zero-order valence-corrected chi connectivity index (χ0v) is 8.59. The van der Waals surface area contributed by atoms with Crippen LogP contribution >= 0.6 is 0 Å². The smallest absolute Gasteiger partial charge is 0.295 e. The van der Waals surface area contributed by atoms with Crippen molar-refractivity contribution >= 4 is 11.8 Å². The fourth-order valence-corrected chi connectivity index (χ4v) is 1.79. The van der Waals surface area contributed by atoms with Gasteiger partial charge in [0.05, 0.1) is 5.92 Å². The second-order valence-corrected chi connectivity index (χ2v) is 3.73. The highest BCUT2D eigenvalue weighted by Crippen LogP contribution is 2.16. The summed E-state index contributed by atoms with van der Waals surface area (Å²) in [6.45, 7) is 0.930. The van der Waals surface area contributed by atoms with Gasteiger partial charge in [-0.3, -0.25) is 9.59 Å². The Hall–Kier alpha value is -1.99. The number of nitrogens with zero attached hydrogens (tertiary/aromatic N) is 4. The molecule has 1 aliphatic rings. The fraction of sp³-hybridized carbons (Fsp3) is 0.625. The lowest BCUT2D eigenvalue weighted by Crippen LogP contribution is -2.44. The number of primary amides is 1. The first-order valence-electron chi connectivity index (χ1n) is 5.00. The van der Waals surface area contributed by atoms with Gasteiger partial charge in [-0.1, -0.05) is 0 Å². The molecule has 0 spiro atoms. The van der Waals surface area contributed by atoms with Crippen molar-refractivity contribution in [3.05, 3.63) is 5.82 Å². The van der Waals surface area contributed by atoms with E-state index in [1.807, 2.05) is 0 Å². The number of rotatable bonds is 2. The van der Waals surface area contributed by atoms with Gasteiger partial charge in [-0.15, -0.1) is 10.2 Å². The van der Waals surface area contributed by atoms with Crippen molar-refractivity contribution in [2.24, 2.45) is 11.7 Å². The molecule has 1 fully saturated rings. The van der Waals surface area contributed by atoms with Gasteiger partial charge in [-0.25, -0.2) is 0 Å². The molecule has 0 radical (unpaired) electrons. The quantitative estimate of drug-likeness (QED) is 0.636. The first kappa shape index (κ1) is 10.5. The molecule has 0 aliphatic carbocycles. The summed E-state index contributed by atoms with van der Waals surface area (Å²) in [5.74, 6) is -0.944. The van der Waals surface area contributed by atoms with E-state index >= 15 is 0 Å². The van der Waals surface area contributed by atoms with Crippen molar-refractivity contribution in [2.45, 2.75) is 12.8 Å². The minimum absolute atomic E-state index is 0.0186. The molecule has 2 amide bonds. The molecule has 1 unspecified atom stereocenters. The number of hydrogen-bond acceptors (Lipinski definition) is 5. The van der Waals surface area contributed by atoms with Crippen LogP contribution in [0.3, 0.4) is 0 Å². The molecule has 2 rings (SSSR count). The van der Waals surface area contributed by atoms with Crippen LogP contribution in [0.5, 0.6) is 0 Å². The first-order valence-corrected chi connectivity index (χ1v) is 5.00. The average Bonchev–Trinajstić information content (AvgIpc) is 2.81. The minimum atomic E-state index is -0.370. The highest BCUT2D eigenvalue weighted by molar-refractivity contribution is 5.90. The predicted molar refractivity (Wildman–Crippen MR) is 52.0 cm³/mol. The summed E-state index contributed by atoms with van der Waals surface area (Å²) in [7, 11) is 0. The number of carbonyl (C=O) groups is 2. The van der Waals surface area contributed by atoms with Gasteiger partial charge in [-0.05, 0) is 18.1 Å². The normalized spacial score (nSPS) is 20.8. The van der Waals surface area contributed by atoms with Crippen LogP contribution in [0.15, 0.2) is 0 Å². The average molecular weight is 224 g/mol. The van der Waals surface area contributed by atoms with Gasteiger partial charge >= 0.3 is 0 Å². The Morgan fingerprint density at radius 3 is 2.94 bits per heavy atom. The lowest BCUT2D eigenvalue weighted by molar-refractivity contribution is -0.123. The van der Waals surface area contributed by atoms with E-state index in [0.717, 1.165) is 12.8 Å². The van der Waals surface area contributed by atoms with Gasteiger partial charge in [0.2, 0.25) is 5.91 Å². The number of H-pyrrole nitrogens is 1. The molecule has 1 aliphatic heterocycles. The topological polar surface area (TPSA) is 118 Å². The van der Waals surface area contributed by atoms with E-state index in [4.69, 9.17) is 5.73 Å². The van der Waals surface area contributed by atoms with Gasteiger partial charge in [0.25, 0.3) is 11.7 Å². The van der Waals surface area contributed by atoms with Gasteiger partial charge in [0.15, 0.2) is 0 Å². The van der Waals surface area contributed by atoms with Crippen LogP contribution in [0.1, 0.15) is 23.5 Å². The second-order valence-electron chi connectivity index (χ2n) is 3.73. The van der Waals surface area contributed by atoms with Crippen molar-refractivity contribution in [3.63, 3.8) is 0 Å². The number of aromatic amines is 1. The molecule has 86 valence electrons. The fourth-order valence-electron chi connectivity index (χ4n) is 1.79. The van der Waals surface area contributed by atoms with Crippen LogP contribution in [0, 0.1) is 5.92 Å². The summed E-state index contributed by atoms with van der Waals surface area (Å²) in [5, 5.41) is 12.7. The van der Waals surface area contributed by atoms with Crippen LogP contribution in [-0.4, -0.2) is 50.4 Å². The zero-order valence-electron chi connectivity index (χ0n) is 8.59. The lowest BCUT2D eigenvalue weighted by Gasteiger charge is -2.30. The lowest BCUT2D eigenvalue weighted by atomic mass is 9.97. The van der Waals surface area contributed by atoms with E-state index in [0.29, 0.717) is 13.1 Å². The van der Waals surface area contributed by atoms with Crippen LogP contribution in [0.4, 0.5) is 0 Å². The number of nitrogens with one attached hydrogen (secondary N) is 1. The highest BCUT2D eigenvalue weighted by atomic mass is 16.2. The summed E-state index contributed by atoms with van der Waals surface area (Å²) in [4.78, 5) is 24.4. The van der Waals surface area contributed by atoms with Gasteiger partial charge < -0.3 is 10.6 Å². The molecule has 8 heteroatoms. The number of carbonyl (C=O) groups excluding carboxylic acids is 2. The Morgan fingerprint density at radius 2 is 2.31 bits per heavy atom. The number of likely N-dealkylation sites (tertiary alicyclic amines) is 1. The Labute approximate surface area is 91.2 Å². The Morgan fingerprint density at radius 1 is 1.50 bits per heavy atom. The van der Waals surface area contributed by atoms with Crippen LogP contribution in [0.25, 0.3) is 0 Å². The van der Waals surface area contributed by atoms with Crippen LogP contribution in [0.2, 0.25) is 0 Å². The highest BCUT2D eigenvalue weighted by Gasteiger charge is 2.29. The molecule has 2 heterocycles. The van der Waals surface area contributed by atoms with Gasteiger partial charge in [0, 0.05) is 13.1 Å². The number of hydrogen-bond donors (Lipinski definition) is 2. The molecule has 3 N–H and O–H groups in total. The standard InChI is InChI=1S/C8H12N6O2/c9-6(15)5-2-1-3-14(4-5)8(16)7-10-12-13-11-7/h5H,1-4H2,(H2,9,15)(H,10,11,12,13). The third-order valence-corrected chi connectivity index (χ3v) is 2.65. The Bertz CT molecular complexity index is 389. The zero-order chi connectivity index (χ0) is 11.5. The molecule has 0 bridgehead atoms. The van der Waals surface area contributed by atoms with E-state index in [2.05, 4.69) is 20.6 Å². The van der Waals surface area contributed by atoms with E-state index < -0.39 is 0 Å². The summed E-state index contributed by atoms with van der Waals surface area (Å²) >= 11 is 0. The second kappa shape index (κ2) is 4.25. The third kappa shape index (κ3) is 2.00. The van der Waals surface area contributed by atoms with Crippen molar-refractivity contribution in [1.29, 1.82) is 0 Å². The monoisotopic (exact) mass is 224 g/mol. The van der Waals surface area contributed by atoms with E-state index in [1.165, 1.54) is 4.90 Å². The minimum Gasteiger partial charge on any atom is -0.369 e. The molecule has 1 saturated heterocycles. The molecule has 0 aromatic carbocycles. The van der Waals surface area contributed by atoms with Crippen LogP contribution in [-0.2, 0) is 4.79 Å². The molecule has 1 aromatic heterocycles. The molecule has 8 nitrogen and oxygen atoms in total. The summed E-state index contributed by atoms with van der Waals surface area (Å²) < 4.78 is 0. The number of piperidine rings is 1. The van der Waals surface area contributed by atoms with Crippen molar-refractivity contribution in [1.82, 2.24) is 25.5 Å². The number of tetrazole rings is 1. The maximum absolute atomic E-state index is 11.8. The van der Waals surface area contributed by atoms with Crippen molar-refractivity contribution in [2.75, 3.05) is 13.1 Å². The van der Waals surface area contributed by atoms with Crippen molar-refractivity contribution < 1.29 is 9.59 Å². The maximum atomic E-state index is 11.8.